The zero-order valence-electron chi connectivity index (χ0n) is 21.0. The summed E-state index contributed by atoms with van der Waals surface area (Å²) in [6.45, 7) is 0. The van der Waals surface area contributed by atoms with E-state index < -0.39 is 5.97 Å². The molecule has 3 N–H and O–H groups in total. The van der Waals surface area contributed by atoms with E-state index >= 15 is 0 Å². The molecule has 0 amide bonds. The first-order valence-corrected chi connectivity index (χ1v) is 13.7. The molecule has 2 fully saturated rings. The summed E-state index contributed by atoms with van der Waals surface area (Å²) in [6, 6.07) is 15.1. The van der Waals surface area contributed by atoms with Crippen molar-refractivity contribution in [2.24, 2.45) is 11.8 Å². The number of carbonyl (C=O) groups is 3. The van der Waals surface area contributed by atoms with E-state index in [-0.39, 0.29) is 45.6 Å². The lowest BCUT2D eigenvalue weighted by atomic mass is 9.70. The predicted octanol–water partition coefficient (Wildman–Crippen LogP) is 6.96. The maximum absolute atomic E-state index is 13.6. The van der Waals surface area contributed by atoms with Crippen molar-refractivity contribution in [2.75, 3.05) is 11.1 Å². The van der Waals surface area contributed by atoms with Gasteiger partial charge in [0.1, 0.15) is 6.10 Å². The fourth-order valence-electron chi connectivity index (χ4n) is 6.43. The Morgan fingerprint density at radius 1 is 0.868 bits per heavy atom. The normalized spacial score (nSPS) is 22.2. The lowest BCUT2D eigenvalue weighted by Gasteiger charge is -2.38. The van der Waals surface area contributed by atoms with Crippen molar-refractivity contribution in [3.8, 4) is 0 Å². The van der Waals surface area contributed by atoms with Crippen LogP contribution in [0.2, 0.25) is 5.02 Å². The summed E-state index contributed by atoms with van der Waals surface area (Å²) in [4.78, 5) is 40.8. The summed E-state index contributed by atoms with van der Waals surface area (Å²) in [5.41, 5.74) is 8.30. The van der Waals surface area contributed by atoms with Gasteiger partial charge in [-0.25, -0.2) is 4.79 Å². The van der Waals surface area contributed by atoms with E-state index in [1.807, 2.05) is 0 Å². The van der Waals surface area contributed by atoms with Gasteiger partial charge in [-0.15, -0.1) is 0 Å². The number of hydrogen-bond acceptors (Lipinski definition) is 6. The Kier molecular flexibility index (Phi) is 6.44. The molecule has 0 heterocycles. The number of nitrogens with one attached hydrogen (secondary N) is 1. The summed E-state index contributed by atoms with van der Waals surface area (Å²) >= 11 is 6.05. The van der Waals surface area contributed by atoms with Crippen molar-refractivity contribution >= 4 is 46.2 Å². The topological polar surface area (TPSA) is 98.5 Å². The third-order valence-electron chi connectivity index (χ3n) is 8.35. The predicted molar refractivity (Wildman–Crippen MR) is 147 cm³/mol. The second-order valence-electron chi connectivity index (χ2n) is 10.6. The minimum Gasteiger partial charge on any atom is -0.459 e. The number of nitrogens with two attached hydrogens (primary N) is 1. The molecule has 0 aliphatic heterocycles. The molecule has 0 radical (unpaired) electrons. The first-order chi connectivity index (χ1) is 18.4. The van der Waals surface area contributed by atoms with Crippen LogP contribution in [0.15, 0.2) is 54.6 Å². The molecular formula is C31H29ClN2O4. The number of halogens is 1. The second-order valence-corrected chi connectivity index (χ2v) is 11.1. The van der Waals surface area contributed by atoms with Gasteiger partial charge in [-0.1, -0.05) is 61.5 Å². The van der Waals surface area contributed by atoms with Crippen molar-refractivity contribution < 1.29 is 19.1 Å². The SMILES string of the molecule is Nc1c(C(=O)OC2CCC3CCCCC3C2)cc(Nc2ccc(Cl)cc2)c2c1C(=O)c1ccccc1C2=O. The molecule has 194 valence electrons. The Morgan fingerprint density at radius 3 is 2.24 bits per heavy atom. The summed E-state index contributed by atoms with van der Waals surface area (Å²) in [7, 11) is 0. The third kappa shape index (κ3) is 4.37. The molecule has 3 aromatic rings. The van der Waals surface area contributed by atoms with Crippen LogP contribution in [0.4, 0.5) is 17.1 Å². The van der Waals surface area contributed by atoms with Crippen molar-refractivity contribution in [3.05, 3.63) is 87.4 Å². The Bertz CT molecular complexity index is 1450. The van der Waals surface area contributed by atoms with Crippen LogP contribution in [0.5, 0.6) is 0 Å². The number of nitrogen functional groups attached to an aromatic ring is 1. The summed E-state index contributed by atoms with van der Waals surface area (Å²) in [5, 5.41) is 3.77. The second kappa shape index (κ2) is 9.91. The van der Waals surface area contributed by atoms with E-state index in [9.17, 15) is 14.4 Å². The number of ketones is 2. The van der Waals surface area contributed by atoms with Crippen LogP contribution in [0.1, 0.15) is 87.1 Å². The zero-order valence-corrected chi connectivity index (χ0v) is 21.7. The average molecular weight is 529 g/mol. The quantitative estimate of drug-likeness (QED) is 0.219. The summed E-state index contributed by atoms with van der Waals surface area (Å²) in [6.07, 6.45) is 7.55. The molecule has 2 saturated carbocycles. The number of benzene rings is 3. The molecule has 3 unspecified atom stereocenters. The zero-order chi connectivity index (χ0) is 26.4. The number of ether oxygens (including phenoxy) is 1. The molecule has 0 aromatic heterocycles. The standard InChI is InChI=1S/C31H29ClN2O4/c32-19-10-12-20(13-11-19)34-25-16-24(31(37)38-21-14-9-17-5-1-2-6-18(17)15-21)28(33)27-26(25)29(35)22-7-3-4-8-23(22)30(27)36/h3-4,7-8,10-13,16-18,21,34H,1-2,5-6,9,14-15,33H2. The molecule has 7 heteroatoms. The Labute approximate surface area is 226 Å². The van der Waals surface area contributed by atoms with Crippen molar-refractivity contribution in [1.82, 2.24) is 0 Å². The molecule has 0 bridgehead atoms. The molecule has 0 saturated heterocycles. The molecule has 38 heavy (non-hydrogen) atoms. The van der Waals surface area contributed by atoms with Gasteiger partial charge in [-0.05, 0) is 61.4 Å². The third-order valence-corrected chi connectivity index (χ3v) is 8.60. The van der Waals surface area contributed by atoms with Crippen LogP contribution in [0.25, 0.3) is 0 Å². The van der Waals surface area contributed by atoms with Gasteiger partial charge in [0.2, 0.25) is 0 Å². The minimum absolute atomic E-state index is 0.0224. The molecule has 3 aliphatic carbocycles. The van der Waals surface area contributed by atoms with Gasteiger partial charge >= 0.3 is 5.97 Å². The molecule has 0 spiro atoms. The van der Waals surface area contributed by atoms with E-state index in [2.05, 4.69) is 5.32 Å². The van der Waals surface area contributed by atoms with Gasteiger partial charge in [-0.2, -0.15) is 0 Å². The highest BCUT2D eigenvalue weighted by Gasteiger charge is 2.37. The highest BCUT2D eigenvalue weighted by molar-refractivity contribution is 6.33. The lowest BCUT2D eigenvalue weighted by molar-refractivity contribution is -0.000834. The van der Waals surface area contributed by atoms with Gasteiger partial charge in [0, 0.05) is 21.8 Å². The van der Waals surface area contributed by atoms with Crippen LogP contribution in [-0.4, -0.2) is 23.6 Å². The highest BCUT2D eigenvalue weighted by atomic mass is 35.5. The highest BCUT2D eigenvalue weighted by Crippen LogP contribution is 2.43. The maximum atomic E-state index is 13.6. The number of anilines is 3. The number of hydrogen-bond donors (Lipinski definition) is 2. The van der Waals surface area contributed by atoms with Crippen LogP contribution in [0.3, 0.4) is 0 Å². The monoisotopic (exact) mass is 528 g/mol. The number of esters is 1. The number of rotatable bonds is 4. The van der Waals surface area contributed by atoms with Crippen molar-refractivity contribution in [3.63, 3.8) is 0 Å². The van der Waals surface area contributed by atoms with E-state index in [0.717, 1.165) is 25.2 Å². The van der Waals surface area contributed by atoms with Crippen LogP contribution in [0, 0.1) is 11.8 Å². The van der Waals surface area contributed by atoms with Crippen LogP contribution >= 0.6 is 11.6 Å². The summed E-state index contributed by atoms with van der Waals surface area (Å²) in [5.74, 6) is 0.0429. The maximum Gasteiger partial charge on any atom is 0.340 e. The van der Waals surface area contributed by atoms with Crippen LogP contribution < -0.4 is 11.1 Å². The first kappa shape index (κ1) is 24.7. The van der Waals surface area contributed by atoms with E-state index in [0.29, 0.717) is 27.9 Å². The molecule has 6 rings (SSSR count). The van der Waals surface area contributed by atoms with E-state index in [1.165, 1.54) is 31.7 Å². The fourth-order valence-corrected chi connectivity index (χ4v) is 6.55. The van der Waals surface area contributed by atoms with Gasteiger partial charge in [-0.3, -0.25) is 9.59 Å². The Hall–Kier alpha value is -3.64. The summed E-state index contributed by atoms with van der Waals surface area (Å²) < 4.78 is 5.99. The van der Waals surface area contributed by atoms with E-state index in [4.69, 9.17) is 22.1 Å². The largest absolute Gasteiger partial charge is 0.459 e. The molecular weight excluding hydrogens is 500 g/mol. The molecule has 6 nitrogen and oxygen atoms in total. The Balaban J connectivity index is 1.39. The van der Waals surface area contributed by atoms with Crippen LogP contribution in [-0.2, 0) is 4.74 Å². The molecule has 3 atom stereocenters. The fraction of sp³-hybridized carbons (Fsp3) is 0.323. The van der Waals surface area contributed by atoms with Gasteiger partial charge in [0.05, 0.1) is 28.1 Å². The Morgan fingerprint density at radius 2 is 1.53 bits per heavy atom. The number of carbonyl (C=O) groups excluding carboxylic acids is 3. The van der Waals surface area contributed by atoms with Gasteiger partial charge in [0.15, 0.2) is 11.6 Å². The van der Waals surface area contributed by atoms with E-state index in [1.54, 1.807) is 48.5 Å². The van der Waals surface area contributed by atoms with Gasteiger partial charge < -0.3 is 15.8 Å². The van der Waals surface area contributed by atoms with Crippen molar-refractivity contribution in [2.45, 2.75) is 51.0 Å². The molecule has 3 aromatic carbocycles. The average Bonchev–Trinajstić information content (AvgIpc) is 2.93. The number of fused-ring (bicyclic) bond motifs is 3. The smallest absolute Gasteiger partial charge is 0.340 e. The minimum atomic E-state index is -0.567. The first-order valence-electron chi connectivity index (χ1n) is 13.3. The molecule has 3 aliphatic rings. The van der Waals surface area contributed by atoms with Crippen molar-refractivity contribution in [1.29, 1.82) is 0 Å². The van der Waals surface area contributed by atoms with Gasteiger partial charge in [0.25, 0.3) is 0 Å². The lowest BCUT2D eigenvalue weighted by Crippen LogP contribution is -2.33.